The van der Waals surface area contributed by atoms with Gasteiger partial charge in [-0.3, -0.25) is 0 Å². The molecule has 1 aliphatic carbocycles. The first-order valence-corrected chi connectivity index (χ1v) is 6.38. The van der Waals surface area contributed by atoms with Crippen molar-refractivity contribution in [2.75, 3.05) is 13.1 Å². The molecule has 1 fully saturated rings. The fourth-order valence-electron chi connectivity index (χ4n) is 2.91. The maximum atomic E-state index is 5.98. The van der Waals surface area contributed by atoms with Gasteiger partial charge in [-0.05, 0) is 31.6 Å². The van der Waals surface area contributed by atoms with Crippen LogP contribution < -0.4 is 11.1 Å². The van der Waals surface area contributed by atoms with E-state index < -0.39 is 0 Å². The number of hydrogen-bond donors (Lipinski definition) is 2. The monoisotopic (exact) mass is 222 g/mol. The molecule has 0 bridgehead atoms. The van der Waals surface area contributed by atoms with Crippen molar-refractivity contribution in [1.29, 1.82) is 0 Å². The summed E-state index contributed by atoms with van der Waals surface area (Å²) in [7, 11) is 0. The number of rotatable bonds is 4. The lowest BCUT2D eigenvalue weighted by Gasteiger charge is -2.45. The molecule has 0 aromatic carbocycles. The Bertz CT molecular complexity index is 272. The van der Waals surface area contributed by atoms with Crippen molar-refractivity contribution in [3.8, 4) is 11.8 Å². The molecular formula is C14H26N2. The first-order valence-electron chi connectivity index (χ1n) is 6.38. The molecule has 92 valence electrons. The molecule has 1 rings (SSSR count). The van der Waals surface area contributed by atoms with Gasteiger partial charge in [0.25, 0.3) is 0 Å². The molecule has 0 aromatic heterocycles. The third-order valence-corrected chi connectivity index (χ3v) is 3.64. The van der Waals surface area contributed by atoms with Crippen molar-refractivity contribution >= 4 is 0 Å². The zero-order valence-corrected chi connectivity index (χ0v) is 11.0. The molecule has 16 heavy (non-hydrogen) atoms. The normalized spacial score (nSPS) is 28.2. The van der Waals surface area contributed by atoms with Gasteiger partial charge < -0.3 is 11.1 Å². The topological polar surface area (TPSA) is 38.0 Å². The molecule has 0 aliphatic heterocycles. The second-order valence-electron chi connectivity index (χ2n) is 5.78. The maximum absolute atomic E-state index is 5.98. The zero-order valence-electron chi connectivity index (χ0n) is 11.0. The number of nitrogens with two attached hydrogens (primary N) is 1. The first kappa shape index (κ1) is 13.5. The van der Waals surface area contributed by atoms with E-state index in [1.807, 2.05) is 6.92 Å². The summed E-state index contributed by atoms with van der Waals surface area (Å²) in [4.78, 5) is 0. The fourth-order valence-corrected chi connectivity index (χ4v) is 2.91. The summed E-state index contributed by atoms with van der Waals surface area (Å²) < 4.78 is 0. The number of hydrogen-bond acceptors (Lipinski definition) is 2. The summed E-state index contributed by atoms with van der Waals surface area (Å²) in [5, 5.41) is 3.65. The average Bonchev–Trinajstić information content (AvgIpc) is 2.23. The minimum Gasteiger partial charge on any atom is -0.329 e. The highest BCUT2D eigenvalue weighted by Crippen LogP contribution is 2.40. The summed E-state index contributed by atoms with van der Waals surface area (Å²) >= 11 is 0. The molecule has 2 heteroatoms. The van der Waals surface area contributed by atoms with Crippen LogP contribution in [0.3, 0.4) is 0 Å². The molecular weight excluding hydrogens is 196 g/mol. The van der Waals surface area contributed by atoms with Crippen LogP contribution in [0.15, 0.2) is 0 Å². The molecule has 1 aliphatic rings. The second kappa shape index (κ2) is 5.70. The molecule has 0 saturated heterocycles. The van der Waals surface area contributed by atoms with Crippen molar-refractivity contribution < 1.29 is 0 Å². The van der Waals surface area contributed by atoms with Crippen molar-refractivity contribution in [2.45, 2.75) is 58.4 Å². The first-order chi connectivity index (χ1) is 7.54. The van der Waals surface area contributed by atoms with Gasteiger partial charge in [0, 0.05) is 25.0 Å². The predicted octanol–water partition coefficient (Wildman–Crippen LogP) is 2.29. The lowest BCUT2D eigenvalue weighted by atomic mass is 9.68. The van der Waals surface area contributed by atoms with E-state index in [0.29, 0.717) is 5.41 Å². The zero-order chi connectivity index (χ0) is 12.1. The Kier molecular flexibility index (Phi) is 4.83. The second-order valence-corrected chi connectivity index (χ2v) is 5.78. The summed E-state index contributed by atoms with van der Waals surface area (Å²) in [6.07, 6.45) is 5.95. The highest BCUT2D eigenvalue weighted by Gasteiger charge is 2.38. The van der Waals surface area contributed by atoms with Gasteiger partial charge in [0.05, 0.1) is 0 Å². The van der Waals surface area contributed by atoms with E-state index in [1.54, 1.807) is 0 Å². The largest absolute Gasteiger partial charge is 0.329 e. The molecule has 0 radical (unpaired) electrons. The Balaban J connectivity index is 2.51. The van der Waals surface area contributed by atoms with Crippen LogP contribution in [0.1, 0.15) is 52.9 Å². The maximum Gasteiger partial charge on any atom is 0.0309 e. The summed E-state index contributed by atoms with van der Waals surface area (Å²) in [6.45, 7) is 8.31. The van der Waals surface area contributed by atoms with Crippen LogP contribution in [0.4, 0.5) is 0 Å². The Labute approximate surface area is 100 Å². The van der Waals surface area contributed by atoms with Crippen LogP contribution in [-0.4, -0.2) is 18.6 Å². The van der Waals surface area contributed by atoms with Gasteiger partial charge in [-0.2, -0.15) is 0 Å². The van der Waals surface area contributed by atoms with Crippen molar-refractivity contribution in [3.05, 3.63) is 0 Å². The van der Waals surface area contributed by atoms with Gasteiger partial charge in [-0.25, -0.2) is 0 Å². The van der Waals surface area contributed by atoms with Crippen molar-refractivity contribution in [1.82, 2.24) is 5.32 Å². The van der Waals surface area contributed by atoms with Gasteiger partial charge in [0.1, 0.15) is 0 Å². The molecule has 1 saturated carbocycles. The van der Waals surface area contributed by atoms with Gasteiger partial charge in [-0.1, -0.05) is 20.3 Å². The van der Waals surface area contributed by atoms with Gasteiger partial charge in [-0.15, -0.1) is 11.8 Å². The van der Waals surface area contributed by atoms with Crippen LogP contribution in [0, 0.1) is 17.3 Å². The van der Waals surface area contributed by atoms with Crippen molar-refractivity contribution in [2.24, 2.45) is 11.1 Å². The van der Waals surface area contributed by atoms with Crippen LogP contribution >= 0.6 is 0 Å². The molecule has 0 amide bonds. The average molecular weight is 222 g/mol. The van der Waals surface area contributed by atoms with Crippen LogP contribution in [0.2, 0.25) is 0 Å². The molecule has 0 aromatic rings. The van der Waals surface area contributed by atoms with Crippen LogP contribution in [0.25, 0.3) is 0 Å². The fraction of sp³-hybridized carbons (Fsp3) is 0.857. The highest BCUT2D eigenvalue weighted by atomic mass is 15.0. The molecule has 3 N–H and O–H groups in total. The standard InChI is InChI=1S/C14H26N2/c1-4-5-6-10-16-14(12-15)9-7-8-13(2,3)11-14/h16H,6-12,15H2,1-3H3. The Morgan fingerprint density at radius 2 is 2.06 bits per heavy atom. The molecule has 0 heterocycles. The van der Waals surface area contributed by atoms with E-state index in [0.717, 1.165) is 19.5 Å². The molecule has 1 atom stereocenters. The summed E-state index contributed by atoms with van der Waals surface area (Å²) in [6, 6.07) is 0. The number of nitrogens with one attached hydrogen (secondary N) is 1. The Morgan fingerprint density at radius 1 is 1.31 bits per heavy atom. The highest BCUT2D eigenvalue weighted by molar-refractivity contribution is 5.00. The van der Waals surface area contributed by atoms with Crippen LogP contribution in [0.5, 0.6) is 0 Å². The van der Waals surface area contributed by atoms with E-state index in [4.69, 9.17) is 5.73 Å². The van der Waals surface area contributed by atoms with Gasteiger partial charge in [0.15, 0.2) is 0 Å². The molecule has 0 spiro atoms. The minimum absolute atomic E-state index is 0.164. The smallest absolute Gasteiger partial charge is 0.0309 e. The predicted molar refractivity (Wildman–Crippen MR) is 70.1 cm³/mol. The van der Waals surface area contributed by atoms with Crippen LogP contribution in [-0.2, 0) is 0 Å². The summed E-state index contributed by atoms with van der Waals surface area (Å²) in [5.74, 6) is 6.03. The van der Waals surface area contributed by atoms with Crippen molar-refractivity contribution in [3.63, 3.8) is 0 Å². The van der Waals surface area contributed by atoms with E-state index in [2.05, 4.69) is 31.0 Å². The van der Waals surface area contributed by atoms with Gasteiger partial charge >= 0.3 is 0 Å². The lowest BCUT2D eigenvalue weighted by Crippen LogP contribution is -2.55. The summed E-state index contributed by atoms with van der Waals surface area (Å²) in [5.41, 5.74) is 6.57. The Morgan fingerprint density at radius 3 is 2.62 bits per heavy atom. The lowest BCUT2D eigenvalue weighted by molar-refractivity contribution is 0.125. The van der Waals surface area contributed by atoms with E-state index >= 15 is 0 Å². The van der Waals surface area contributed by atoms with E-state index in [9.17, 15) is 0 Å². The van der Waals surface area contributed by atoms with E-state index in [-0.39, 0.29) is 5.54 Å². The Hall–Kier alpha value is -0.520. The third kappa shape index (κ3) is 3.81. The van der Waals surface area contributed by atoms with Gasteiger partial charge in [0.2, 0.25) is 0 Å². The third-order valence-electron chi connectivity index (χ3n) is 3.64. The minimum atomic E-state index is 0.164. The SMILES string of the molecule is CC#CCCNC1(CN)CCCC(C)(C)C1. The van der Waals surface area contributed by atoms with E-state index in [1.165, 1.54) is 25.7 Å². The quantitative estimate of drug-likeness (QED) is 0.566. The molecule has 1 unspecified atom stereocenters. The molecule has 2 nitrogen and oxygen atoms in total.